The molecule has 1 heterocycles. The van der Waals surface area contributed by atoms with Gasteiger partial charge in [-0.2, -0.15) is 0 Å². The molecular formula is C10H8O2S. The highest BCUT2D eigenvalue weighted by Gasteiger charge is 2.04. The number of thiophene rings is 1. The van der Waals surface area contributed by atoms with E-state index in [1.165, 1.54) is 0 Å². The van der Waals surface area contributed by atoms with E-state index in [2.05, 4.69) is 0 Å². The number of carboxylic acids is 1. The zero-order valence-electron chi connectivity index (χ0n) is 6.86. The van der Waals surface area contributed by atoms with Crippen LogP contribution in [0.4, 0.5) is 0 Å². The molecule has 2 nitrogen and oxygen atoms in total. The Morgan fingerprint density at radius 2 is 2.15 bits per heavy atom. The summed E-state index contributed by atoms with van der Waals surface area (Å²) in [6, 6.07) is 9.86. The Bertz CT molecular complexity index is 412. The smallest absolute Gasteiger partial charge is 0.308 e. The fourth-order valence-electron chi connectivity index (χ4n) is 1.27. The molecule has 0 spiro atoms. The first kappa shape index (κ1) is 8.26. The third-order valence-electron chi connectivity index (χ3n) is 1.80. The second-order valence-corrected chi connectivity index (χ2v) is 3.99. The summed E-state index contributed by atoms with van der Waals surface area (Å²) in [5.74, 6) is -0.772. The fraction of sp³-hybridized carbons (Fsp3) is 0.100. The van der Waals surface area contributed by atoms with Crippen molar-refractivity contribution >= 4 is 27.4 Å². The van der Waals surface area contributed by atoms with Gasteiger partial charge in [0.25, 0.3) is 0 Å². The highest BCUT2D eigenvalue weighted by molar-refractivity contribution is 7.19. The van der Waals surface area contributed by atoms with Crippen molar-refractivity contribution in [3.8, 4) is 0 Å². The lowest BCUT2D eigenvalue weighted by Gasteiger charge is -1.85. The van der Waals surface area contributed by atoms with Crippen molar-refractivity contribution in [1.29, 1.82) is 0 Å². The highest BCUT2D eigenvalue weighted by atomic mass is 32.1. The zero-order chi connectivity index (χ0) is 9.26. The van der Waals surface area contributed by atoms with Crippen molar-refractivity contribution in [1.82, 2.24) is 0 Å². The molecule has 0 saturated heterocycles. The Balaban J connectivity index is 2.44. The van der Waals surface area contributed by atoms with Gasteiger partial charge in [0.05, 0.1) is 6.42 Å². The van der Waals surface area contributed by atoms with Crippen LogP contribution in [0, 0.1) is 0 Å². The Labute approximate surface area is 79.4 Å². The second-order valence-electron chi connectivity index (χ2n) is 2.82. The first-order valence-electron chi connectivity index (χ1n) is 3.95. The van der Waals surface area contributed by atoms with Gasteiger partial charge in [-0.3, -0.25) is 4.79 Å². The molecular weight excluding hydrogens is 184 g/mol. The molecule has 0 unspecified atom stereocenters. The van der Waals surface area contributed by atoms with Crippen molar-refractivity contribution in [3.63, 3.8) is 0 Å². The van der Waals surface area contributed by atoms with Gasteiger partial charge in [-0.05, 0) is 17.5 Å². The zero-order valence-corrected chi connectivity index (χ0v) is 7.67. The van der Waals surface area contributed by atoms with Crippen LogP contribution in [0.5, 0.6) is 0 Å². The molecule has 0 aliphatic heterocycles. The van der Waals surface area contributed by atoms with E-state index in [1.807, 2.05) is 30.3 Å². The molecule has 0 atom stereocenters. The van der Waals surface area contributed by atoms with Gasteiger partial charge in [0.1, 0.15) is 0 Å². The first-order chi connectivity index (χ1) is 6.25. The maximum Gasteiger partial charge on any atom is 0.308 e. The van der Waals surface area contributed by atoms with Crippen LogP contribution in [0.25, 0.3) is 10.1 Å². The fourth-order valence-corrected chi connectivity index (χ4v) is 2.33. The second kappa shape index (κ2) is 3.18. The van der Waals surface area contributed by atoms with Crippen LogP contribution in [0.3, 0.4) is 0 Å². The first-order valence-corrected chi connectivity index (χ1v) is 4.76. The van der Waals surface area contributed by atoms with E-state index in [9.17, 15) is 4.79 Å². The summed E-state index contributed by atoms with van der Waals surface area (Å²) in [6.07, 6.45) is 0.124. The van der Waals surface area contributed by atoms with Gasteiger partial charge in [0, 0.05) is 9.58 Å². The molecule has 0 radical (unpaired) electrons. The topological polar surface area (TPSA) is 37.3 Å². The molecule has 13 heavy (non-hydrogen) atoms. The molecule has 1 aromatic carbocycles. The van der Waals surface area contributed by atoms with Crippen LogP contribution >= 0.6 is 11.3 Å². The quantitative estimate of drug-likeness (QED) is 0.793. The normalized spacial score (nSPS) is 10.5. The molecule has 0 amide bonds. The molecule has 0 fully saturated rings. The summed E-state index contributed by atoms with van der Waals surface area (Å²) >= 11 is 1.54. The lowest BCUT2D eigenvalue weighted by atomic mass is 10.2. The van der Waals surface area contributed by atoms with Crippen LogP contribution in [0.15, 0.2) is 30.3 Å². The largest absolute Gasteiger partial charge is 0.481 e. The van der Waals surface area contributed by atoms with Crippen LogP contribution < -0.4 is 0 Å². The molecule has 0 bridgehead atoms. The standard InChI is InChI=1S/C10H8O2S/c11-10(12)6-8-5-7-3-1-2-4-9(7)13-8/h1-5H,6H2,(H,11,12). The molecule has 0 aliphatic carbocycles. The van der Waals surface area contributed by atoms with Crippen molar-refractivity contribution in [2.45, 2.75) is 6.42 Å². The Morgan fingerprint density at radius 1 is 1.38 bits per heavy atom. The molecule has 0 aliphatic rings. The summed E-state index contributed by atoms with van der Waals surface area (Å²) < 4.78 is 1.15. The summed E-state index contributed by atoms with van der Waals surface area (Å²) in [5, 5.41) is 9.73. The Kier molecular flexibility index (Phi) is 2.02. The monoisotopic (exact) mass is 192 g/mol. The van der Waals surface area contributed by atoms with Crippen LogP contribution in [-0.2, 0) is 11.2 Å². The van der Waals surface area contributed by atoms with Crippen molar-refractivity contribution in [2.75, 3.05) is 0 Å². The van der Waals surface area contributed by atoms with Crippen LogP contribution in [-0.4, -0.2) is 11.1 Å². The number of rotatable bonds is 2. The highest BCUT2D eigenvalue weighted by Crippen LogP contribution is 2.25. The average molecular weight is 192 g/mol. The molecule has 2 aromatic rings. The number of aliphatic carboxylic acids is 1. The molecule has 66 valence electrons. The number of hydrogen-bond donors (Lipinski definition) is 1. The molecule has 1 aromatic heterocycles. The summed E-state index contributed by atoms with van der Waals surface area (Å²) in [5.41, 5.74) is 0. The molecule has 0 saturated carbocycles. The lowest BCUT2D eigenvalue weighted by molar-refractivity contribution is -0.136. The van der Waals surface area contributed by atoms with Gasteiger partial charge in [-0.25, -0.2) is 0 Å². The van der Waals surface area contributed by atoms with E-state index in [1.54, 1.807) is 11.3 Å². The van der Waals surface area contributed by atoms with E-state index >= 15 is 0 Å². The van der Waals surface area contributed by atoms with E-state index in [0.29, 0.717) is 0 Å². The third kappa shape index (κ3) is 1.70. The minimum atomic E-state index is -0.772. The third-order valence-corrected chi connectivity index (χ3v) is 2.92. The molecule has 1 N–H and O–H groups in total. The average Bonchev–Trinajstić information content (AvgIpc) is 2.44. The maximum absolute atomic E-state index is 10.5. The summed E-state index contributed by atoms with van der Waals surface area (Å²) in [6.45, 7) is 0. The Hall–Kier alpha value is -1.35. The number of carboxylic acid groups (broad SMARTS) is 1. The van der Waals surface area contributed by atoms with E-state index in [-0.39, 0.29) is 6.42 Å². The lowest BCUT2D eigenvalue weighted by Crippen LogP contribution is -1.96. The van der Waals surface area contributed by atoms with E-state index in [4.69, 9.17) is 5.11 Å². The maximum atomic E-state index is 10.5. The van der Waals surface area contributed by atoms with Crippen molar-refractivity contribution < 1.29 is 9.90 Å². The van der Waals surface area contributed by atoms with Crippen LogP contribution in [0.2, 0.25) is 0 Å². The van der Waals surface area contributed by atoms with Gasteiger partial charge in [-0.1, -0.05) is 18.2 Å². The van der Waals surface area contributed by atoms with Gasteiger partial charge in [0.2, 0.25) is 0 Å². The van der Waals surface area contributed by atoms with Gasteiger partial charge in [0.15, 0.2) is 0 Å². The number of fused-ring (bicyclic) bond motifs is 1. The van der Waals surface area contributed by atoms with Gasteiger partial charge >= 0.3 is 5.97 Å². The summed E-state index contributed by atoms with van der Waals surface area (Å²) in [7, 11) is 0. The van der Waals surface area contributed by atoms with Gasteiger partial charge in [-0.15, -0.1) is 11.3 Å². The van der Waals surface area contributed by atoms with Gasteiger partial charge < -0.3 is 5.11 Å². The van der Waals surface area contributed by atoms with Crippen molar-refractivity contribution in [3.05, 3.63) is 35.2 Å². The number of benzene rings is 1. The van der Waals surface area contributed by atoms with Crippen molar-refractivity contribution in [2.24, 2.45) is 0 Å². The SMILES string of the molecule is O=C(O)Cc1cc2ccccc2s1. The molecule has 3 heteroatoms. The van der Waals surface area contributed by atoms with E-state index < -0.39 is 5.97 Å². The minimum Gasteiger partial charge on any atom is -0.481 e. The molecule has 2 rings (SSSR count). The van der Waals surface area contributed by atoms with Crippen LogP contribution in [0.1, 0.15) is 4.88 Å². The predicted octanol–water partition coefficient (Wildman–Crippen LogP) is 2.53. The number of hydrogen-bond acceptors (Lipinski definition) is 2. The Morgan fingerprint density at radius 3 is 2.85 bits per heavy atom. The predicted molar refractivity (Wildman–Crippen MR) is 53.2 cm³/mol. The minimum absolute atomic E-state index is 0.124. The van der Waals surface area contributed by atoms with E-state index in [0.717, 1.165) is 15.0 Å². The number of carbonyl (C=O) groups is 1. The summed E-state index contributed by atoms with van der Waals surface area (Å²) in [4.78, 5) is 11.4.